The molecule has 0 radical (unpaired) electrons. The van der Waals surface area contributed by atoms with Crippen LogP contribution in [0, 0.1) is 0 Å². The minimum absolute atomic E-state index is 0.904. The molecular formula is C58H39N3O. The third-order valence-electron chi connectivity index (χ3n) is 12.1. The highest BCUT2D eigenvalue weighted by Gasteiger charge is 2.21. The van der Waals surface area contributed by atoms with Gasteiger partial charge in [0.05, 0.1) is 11.0 Å². The zero-order chi connectivity index (χ0) is 41.0. The monoisotopic (exact) mass is 793 g/mol. The molecule has 4 nitrogen and oxygen atoms in total. The number of hydrogen-bond donors (Lipinski definition) is 0. The van der Waals surface area contributed by atoms with Crippen LogP contribution in [0.3, 0.4) is 0 Å². The van der Waals surface area contributed by atoms with Gasteiger partial charge in [0.1, 0.15) is 11.2 Å². The van der Waals surface area contributed by atoms with Crippen molar-refractivity contribution in [3.05, 3.63) is 237 Å². The van der Waals surface area contributed by atoms with Crippen molar-refractivity contribution in [2.75, 3.05) is 9.80 Å². The Kier molecular flexibility index (Phi) is 8.46. The minimum atomic E-state index is 0.904. The summed E-state index contributed by atoms with van der Waals surface area (Å²) in [7, 11) is 0. The van der Waals surface area contributed by atoms with Crippen molar-refractivity contribution in [1.29, 1.82) is 0 Å². The molecule has 10 aromatic carbocycles. The van der Waals surface area contributed by atoms with Crippen LogP contribution in [-0.4, -0.2) is 4.57 Å². The molecule has 0 bridgehead atoms. The summed E-state index contributed by atoms with van der Waals surface area (Å²) < 4.78 is 8.98. The summed E-state index contributed by atoms with van der Waals surface area (Å²) in [4.78, 5) is 4.71. The summed E-state index contributed by atoms with van der Waals surface area (Å²) in [6, 6.07) is 84.7. The predicted molar refractivity (Wildman–Crippen MR) is 260 cm³/mol. The fourth-order valence-corrected chi connectivity index (χ4v) is 9.28. The zero-order valence-corrected chi connectivity index (χ0v) is 33.8. The van der Waals surface area contributed by atoms with Crippen LogP contribution in [0.25, 0.3) is 71.3 Å². The second kappa shape index (κ2) is 14.7. The van der Waals surface area contributed by atoms with Crippen molar-refractivity contribution < 1.29 is 4.42 Å². The average molecular weight is 794 g/mol. The van der Waals surface area contributed by atoms with Crippen LogP contribution in [0.4, 0.5) is 34.1 Å². The number of fused-ring (bicyclic) bond motifs is 8. The summed E-state index contributed by atoms with van der Waals surface area (Å²) in [6.45, 7) is 0. The summed E-state index contributed by atoms with van der Waals surface area (Å²) in [6.07, 6.45) is 0. The summed E-state index contributed by atoms with van der Waals surface area (Å²) >= 11 is 0. The van der Waals surface area contributed by atoms with Gasteiger partial charge < -0.3 is 18.8 Å². The van der Waals surface area contributed by atoms with Crippen LogP contribution in [-0.2, 0) is 0 Å². The van der Waals surface area contributed by atoms with Crippen LogP contribution in [0.15, 0.2) is 241 Å². The van der Waals surface area contributed by atoms with E-state index in [1.807, 2.05) is 6.07 Å². The Morgan fingerprint density at radius 2 is 0.823 bits per heavy atom. The quantitative estimate of drug-likeness (QED) is 0.153. The van der Waals surface area contributed by atoms with E-state index in [0.29, 0.717) is 0 Å². The number of nitrogens with zero attached hydrogens (tertiary/aromatic N) is 3. The van der Waals surface area contributed by atoms with Gasteiger partial charge in [-0.05, 0) is 132 Å². The van der Waals surface area contributed by atoms with Crippen molar-refractivity contribution in [2.24, 2.45) is 0 Å². The smallest absolute Gasteiger partial charge is 0.143 e. The highest BCUT2D eigenvalue weighted by molar-refractivity contribution is 6.21. The Morgan fingerprint density at radius 3 is 1.40 bits per heavy atom. The van der Waals surface area contributed by atoms with Gasteiger partial charge in [0, 0.05) is 66.7 Å². The number of para-hydroxylation sites is 6. The van der Waals surface area contributed by atoms with Gasteiger partial charge in [0.2, 0.25) is 0 Å². The maximum atomic E-state index is 6.58. The molecule has 0 aliphatic carbocycles. The highest BCUT2D eigenvalue weighted by Crippen LogP contribution is 2.45. The normalized spacial score (nSPS) is 11.5. The topological polar surface area (TPSA) is 24.6 Å². The molecule has 0 aliphatic rings. The number of benzene rings is 10. The Balaban J connectivity index is 1.13. The second-order valence-electron chi connectivity index (χ2n) is 15.8. The molecule has 2 heterocycles. The third kappa shape index (κ3) is 6.00. The molecule has 4 heteroatoms. The molecule has 0 fully saturated rings. The molecule has 292 valence electrons. The van der Waals surface area contributed by atoms with E-state index in [-0.39, 0.29) is 0 Å². The maximum absolute atomic E-state index is 6.58. The molecule has 0 aliphatic heterocycles. The number of hydrogen-bond acceptors (Lipinski definition) is 3. The van der Waals surface area contributed by atoms with Gasteiger partial charge in [0.25, 0.3) is 0 Å². The maximum Gasteiger partial charge on any atom is 0.143 e. The standard InChI is InChI=1S/C58H39N3O/c1-6-18-43(19-7-1)59(44-20-8-2-9-21-44)48-34-42(35-49(38-48)60(45-22-10-3-11-23-45)46-24-12-4-13-25-46)40-31-33-55-53(36-40)54-37-41-30-32-51-50-28-16-17-29-57(50)62-58(51)52(41)39-56(54)61(55)47-26-14-5-15-27-47/h1-39H. The molecule has 0 unspecified atom stereocenters. The van der Waals surface area contributed by atoms with Crippen molar-refractivity contribution >= 4 is 88.6 Å². The predicted octanol–water partition coefficient (Wildman–Crippen LogP) is 16.4. The molecule has 0 atom stereocenters. The largest absolute Gasteiger partial charge is 0.455 e. The van der Waals surface area contributed by atoms with E-state index in [0.717, 1.165) is 94.7 Å². The van der Waals surface area contributed by atoms with E-state index >= 15 is 0 Å². The summed E-state index contributed by atoms with van der Waals surface area (Å²) in [5.74, 6) is 0. The van der Waals surface area contributed by atoms with E-state index in [4.69, 9.17) is 4.42 Å². The first-order valence-corrected chi connectivity index (χ1v) is 21.1. The lowest BCUT2D eigenvalue weighted by molar-refractivity contribution is 0.672. The van der Waals surface area contributed by atoms with Crippen LogP contribution >= 0.6 is 0 Å². The van der Waals surface area contributed by atoms with E-state index in [2.05, 4.69) is 245 Å². The first-order valence-electron chi connectivity index (χ1n) is 21.1. The van der Waals surface area contributed by atoms with E-state index in [1.54, 1.807) is 0 Å². The van der Waals surface area contributed by atoms with Gasteiger partial charge in [-0.15, -0.1) is 0 Å². The molecule has 0 spiro atoms. The SMILES string of the molecule is c1ccc(N(c2ccccc2)c2cc(-c3ccc4c(c3)c3cc5ccc6c7ccccc7oc6c5cc3n4-c3ccccc3)cc(N(c3ccccc3)c3ccccc3)c2)cc1. The van der Waals surface area contributed by atoms with Gasteiger partial charge in [-0.2, -0.15) is 0 Å². The van der Waals surface area contributed by atoms with Gasteiger partial charge >= 0.3 is 0 Å². The lowest BCUT2D eigenvalue weighted by Crippen LogP contribution is -2.13. The molecule has 12 aromatic rings. The van der Waals surface area contributed by atoms with Gasteiger partial charge in [0.15, 0.2) is 0 Å². The van der Waals surface area contributed by atoms with Gasteiger partial charge in [-0.3, -0.25) is 0 Å². The lowest BCUT2D eigenvalue weighted by Gasteiger charge is -2.30. The molecular weight excluding hydrogens is 755 g/mol. The van der Waals surface area contributed by atoms with Crippen molar-refractivity contribution in [2.45, 2.75) is 0 Å². The molecule has 0 saturated carbocycles. The average Bonchev–Trinajstić information content (AvgIpc) is 3.88. The Labute approximate surface area is 359 Å². The molecule has 0 N–H and O–H groups in total. The highest BCUT2D eigenvalue weighted by atomic mass is 16.3. The fourth-order valence-electron chi connectivity index (χ4n) is 9.28. The van der Waals surface area contributed by atoms with Crippen molar-refractivity contribution in [3.63, 3.8) is 0 Å². The first-order chi connectivity index (χ1) is 30.7. The summed E-state index contributed by atoms with van der Waals surface area (Å²) in [5.41, 5.74) is 13.9. The molecule has 12 rings (SSSR count). The third-order valence-corrected chi connectivity index (χ3v) is 12.1. The zero-order valence-electron chi connectivity index (χ0n) is 33.8. The molecule has 0 saturated heterocycles. The van der Waals surface area contributed by atoms with Crippen LogP contribution in [0.2, 0.25) is 0 Å². The number of furan rings is 1. The Bertz CT molecular complexity index is 3380. The fraction of sp³-hybridized carbons (Fsp3) is 0. The number of aromatic nitrogens is 1. The summed E-state index contributed by atoms with van der Waals surface area (Å²) in [5, 5.41) is 6.89. The first kappa shape index (κ1) is 35.6. The van der Waals surface area contributed by atoms with Crippen LogP contribution in [0.5, 0.6) is 0 Å². The van der Waals surface area contributed by atoms with Crippen molar-refractivity contribution in [3.8, 4) is 16.8 Å². The van der Waals surface area contributed by atoms with Gasteiger partial charge in [-0.25, -0.2) is 0 Å². The van der Waals surface area contributed by atoms with E-state index in [1.165, 1.54) is 10.8 Å². The lowest BCUT2D eigenvalue weighted by atomic mass is 9.99. The second-order valence-corrected chi connectivity index (χ2v) is 15.8. The minimum Gasteiger partial charge on any atom is -0.455 e. The number of anilines is 6. The Morgan fingerprint density at radius 1 is 0.306 bits per heavy atom. The molecule has 62 heavy (non-hydrogen) atoms. The molecule has 2 aromatic heterocycles. The van der Waals surface area contributed by atoms with Crippen molar-refractivity contribution in [1.82, 2.24) is 4.57 Å². The van der Waals surface area contributed by atoms with Crippen LogP contribution < -0.4 is 9.80 Å². The van der Waals surface area contributed by atoms with E-state index in [9.17, 15) is 0 Å². The van der Waals surface area contributed by atoms with Crippen LogP contribution in [0.1, 0.15) is 0 Å². The molecule has 0 amide bonds. The van der Waals surface area contributed by atoms with E-state index < -0.39 is 0 Å². The van der Waals surface area contributed by atoms with Gasteiger partial charge in [-0.1, -0.05) is 121 Å². The Hall–Kier alpha value is -8.34. The number of rotatable bonds is 8.